The highest BCUT2D eigenvalue weighted by molar-refractivity contribution is 9.10. The molecule has 0 unspecified atom stereocenters. The third kappa shape index (κ3) is 2.13. The van der Waals surface area contributed by atoms with Crippen LogP contribution in [0.1, 0.15) is 0 Å². The Morgan fingerprint density at radius 1 is 1.11 bits per heavy atom. The van der Waals surface area contributed by atoms with Crippen molar-refractivity contribution in [1.29, 1.82) is 0 Å². The molecule has 0 radical (unpaired) electrons. The van der Waals surface area contributed by atoms with Crippen molar-refractivity contribution in [2.75, 3.05) is 12.4 Å². The summed E-state index contributed by atoms with van der Waals surface area (Å²) in [5.74, 6) is 0. The molecular formula is C14H11BrN2S. The Balaban J connectivity index is 2.07. The summed E-state index contributed by atoms with van der Waals surface area (Å²) >= 11 is 5.20. The quantitative estimate of drug-likeness (QED) is 0.736. The van der Waals surface area contributed by atoms with Crippen LogP contribution in [0.3, 0.4) is 0 Å². The number of nitrogens with zero attached hydrogens (tertiary/aromatic N) is 1. The molecule has 1 heterocycles. The summed E-state index contributed by atoms with van der Waals surface area (Å²) < 4.78 is 2.30. The molecule has 90 valence electrons. The molecule has 2 nitrogen and oxygen atoms in total. The topological polar surface area (TPSA) is 24.9 Å². The number of rotatable bonds is 2. The van der Waals surface area contributed by atoms with Crippen LogP contribution in [0.4, 0.5) is 5.69 Å². The van der Waals surface area contributed by atoms with E-state index in [2.05, 4.69) is 56.6 Å². The molecule has 0 saturated carbocycles. The smallest absolute Gasteiger partial charge is 0.124 e. The highest BCUT2D eigenvalue weighted by Gasteiger charge is 2.06. The maximum atomic E-state index is 4.66. The molecule has 1 N–H and O–H groups in total. The van der Waals surface area contributed by atoms with E-state index in [1.807, 2.05) is 19.2 Å². The van der Waals surface area contributed by atoms with E-state index < -0.39 is 0 Å². The van der Waals surface area contributed by atoms with Crippen molar-refractivity contribution in [1.82, 2.24) is 4.98 Å². The van der Waals surface area contributed by atoms with Gasteiger partial charge in [0.25, 0.3) is 0 Å². The first-order chi connectivity index (χ1) is 8.76. The number of aromatic nitrogens is 1. The molecule has 18 heavy (non-hydrogen) atoms. The standard InChI is InChI=1S/C14H11BrN2S/c1-16-11-5-2-9(3-6-11)14-17-12-7-4-10(15)8-13(12)18-14/h2-8,16H,1H3/i1-1. The van der Waals surface area contributed by atoms with Crippen molar-refractivity contribution in [3.05, 3.63) is 46.9 Å². The highest BCUT2D eigenvalue weighted by atomic mass is 79.9. The zero-order chi connectivity index (χ0) is 12.5. The fraction of sp³-hybridized carbons (Fsp3) is 0.0714. The molecular weight excluding hydrogens is 307 g/mol. The van der Waals surface area contributed by atoms with Crippen molar-refractivity contribution in [3.8, 4) is 10.6 Å². The highest BCUT2D eigenvalue weighted by Crippen LogP contribution is 2.32. The Morgan fingerprint density at radius 3 is 2.61 bits per heavy atom. The first kappa shape index (κ1) is 11.7. The van der Waals surface area contributed by atoms with Gasteiger partial charge in [0, 0.05) is 22.8 Å². The Kier molecular flexibility index (Phi) is 3.06. The van der Waals surface area contributed by atoms with Crippen LogP contribution < -0.4 is 5.32 Å². The summed E-state index contributed by atoms with van der Waals surface area (Å²) in [7, 11) is 1.92. The predicted molar refractivity (Wildman–Crippen MR) is 82.3 cm³/mol. The summed E-state index contributed by atoms with van der Waals surface area (Å²) in [6.45, 7) is 0. The molecule has 0 atom stereocenters. The average molecular weight is 318 g/mol. The summed E-state index contributed by atoms with van der Waals surface area (Å²) in [5, 5.41) is 4.18. The van der Waals surface area contributed by atoms with Gasteiger partial charge >= 0.3 is 0 Å². The predicted octanol–water partition coefficient (Wildman–Crippen LogP) is 4.77. The SMILES string of the molecule is [11CH3]Nc1ccc(-c2nc3ccc(Br)cc3s2)cc1. The van der Waals surface area contributed by atoms with Gasteiger partial charge in [0.1, 0.15) is 5.01 Å². The normalized spacial score (nSPS) is 10.8. The van der Waals surface area contributed by atoms with E-state index in [0.717, 1.165) is 26.2 Å². The van der Waals surface area contributed by atoms with Crippen LogP contribution in [0.5, 0.6) is 0 Å². The Labute approximate surface area is 118 Å². The van der Waals surface area contributed by atoms with Crippen LogP contribution >= 0.6 is 27.3 Å². The van der Waals surface area contributed by atoms with Crippen molar-refractivity contribution in [3.63, 3.8) is 0 Å². The molecule has 1 aromatic heterocycles. The maximum absolute atomic E-state index is 4.66. The second-order valence-corrected chi connectivity index (χ2v) is 5.90. The number of hydrogen-bond donors (Lipinski definition) is 1. The van der Waals surface area contributed by atoms with Crippen molar-refractivity contribution < 1.29 is 0 Å². The maximum Gasteiger partial charge on any atom is 0.124 e. The number of hydrogen-bond acceptors (Lipinski definition) is 3. The van der Waals surface area contributed by atoms with Gasteiger partial charge in [0.2, 0.25) is 0 Å². The van der Waals surface area contributed by atoms with Gasteiger partial charge < -0.3 is 5.32 Å². The van der Waals surface area contributed by atoms with Crippen LogP contribution in [0.15, 0.2) is 46.9 Å². The summed E-state index contributed by atoms with van der Waals surface area (Å²) in [4.78, 5) is 4.66. The van der Waals surface area contributed by atoms with Crippen LogP contribution in [0.25, 0.3) is 20.8 Å². The van der Waals surface area contributed by atoms with Crippen molar-refractivity contribution >= 4 is 43.2 Å². The number of nitrogens with one attached hydrogen (secondary N) is 1. The van der Waals surface area contributed by atoms with E-state index in [9.17, 15) is 0 Å². The van der Waals surface area contributed by atoms with Crippen LogP contribution in [0.2, 0.25) is 0 Å². The fourth-order valence-electron chi connectivity index (χ4n) is 1.80. The van der Waals surface area contributed by atoms with Gasteiger partial charge in [-0.25, -0.2) is 4.98 Å². The summed E-state index contributed by atoms with van der Waals surface area (Å²) in [6.07, 6.45) is 0. The fourth-order valence-corrected chi connectivity index (χ4v) is 3.32. The van der Waals surface area contributed by atoms with Gasteiger partial charge in [-0.1, -0.05) is 15.9 Å². The number of thiazole rings is 1. The number of fused-ring (bicyclic) bond motifs is 1. The largest absolute Gasteiger partial charge is 0.388 e. The Bertz CT molecular complexity index is 689. The zero-order valence-electron chi connectivity index (χ0n) is 9.77. The van der Waals surface area contributed by atoms with Crippen LogP contribution in [0, 0.1) is 0 Å². The lowest BCUT2D eigenvalue weighted by Gasteiger charge is -2.00. The number of benzene rings is 2. The first-order valence-electron chi connectivity index (χ1n) is 5.60. The van der Waals surface area contributed by atoms with Gasteiger partial charge in [-0.05, 0) is 42.5 Å². The van der Waals surface area contributed by atoms with Gasteiger partial charge in [-0.3, -0.25) is 0 Å². The third-order valence-corrected chi connectivity index (χ3v) is 4.33. The van der Waals surface area contributed by atoms with Gasteiger partial charge in [-0.15, -0.1) is 11.3 Å². The second kappa shape index (κ2) is 4.71. The molecule has 0 aliphatic carbocycles. The third-order valence-electron chi connectivity index (χ3n) is 2.77. The van der Waals surface area contributed by atoms with Crippen molar-refractivity contribution in [2.24, 2.45) is 0 Å². The second-order valence-electron chi connectivity index (χ2n) is 3.96. The van der Waals surface area contributed by atoms with Gasteiger partial charge in [0.15, 0.2) is 0 Å². The van der Waals surface area contributed by atoms with E-state index >= 15 is 0 Å². The van der Waals surface area contributed by atoms with E-state index in [4.69, 9.17) is 0 Å². The molecule has 0 amide bonds. The summed E-state index contributed by atoms with van der Waals surface area (Å²) in [6, 6.07) is 14.5. The van der Waals surface area contributed by atoms with Crippen LogP contribution in [-0.4, -0.2) is 12.0 Å². The Morgan fingerprint density at radius 2 is 1.89 bits per heavy atom. The molecule has 0 spiro atoms. The molecule has 0 fully saturated rings. The van der Waals surface area contributed by atoms with Gasteiger partial charge in [0.05, 0.1) is 10.2 Å². The van der Waals surface area contributed by atoms with E-state index in [-0.39, 0.29) is 0 Å². The Hall–Kier alpha value is -1.39. The molecule has 3 rings (SSSR count). The monoisotopic (exact) mass is 317 g/mol. The molecule has 0 aliphatic heterocycles. The van der Waals surface area contributed by atoms with E-state index in [1.54, 1.807) is 11.3 Å². The van der Waals surface area contributed by atoms with Gasteiger partial charge in [-0.2, -0.15) is 0 Å². The molecule has 3 aromatic rings. The lowest BCUT2D eigenvalue weighted by molar-refractivity contribution is 1.46. The minimum atomic E-state index is 1.05. The number of halogens is 1. The average Bonchev–Trinajstić information content (AvgIpc) is 2.81. The molecule has 0 saturated heterocycles. The van der Waals surface area contributed by atoms with E-state index in [1.165, 1.54) is 4.70 Å². The molecule has 2 aromatic carbocycles. The van der Waals surface area contributed by atoms with Crippen LogP contribution in [-0.2, 0) is 0 Å². The zero-order valence-corrected chi connectivity index (χ0v) is 12.2. The lowest BCUT2D eigenvalue weighted by Crippen LogP contribution is -1.86. The minimum Gasteiger partial charge on any atom is -0.388 e. The molecule has 4 heteroatoms. The summed E-state index contributed by atoms with van der Waals surface area (Å²) in [5.41, 5.74) is 3.32. The lowest BCUT2D eigenvalue weighted by atomic mass is 10.2. The number of anilines is 1. The van der Waals surface area contributed by atoms with E-state index in [0.29, 0.717) is 0 Å². The first-order valence-corrected chi connectivity index (χ1v) is 7.21. The molecule has 0 aliphatic rings. The minimum absolute atomic E-state index is 1.05. The molecule has 0 bridgehead atoms. The van der Waals surface area contributed by atoms with Crippen molar-refractivity contribution in [2.45, 2.75) is 0 Å².